The van der Waals surface area contributed by atoms with Gasteiger partial charge in [0.15, 0.2) is 0 Å². The summed E-state index contributed by atoms with van der Waals surface area (Å²) in [5.41, 5.74) is 10.6. The first-order chi connectivity index (χ1) is 9.38. The number of anilines is 2. The van der Waals surface area contributed by atoms with Crippen LogP contribution < -0.4 is 11.1 Å². The Hall–Kier alpha value is -2.43. The highest BCUT2D eigenvalue weighted by molar-refractivity contribution is 6.04. The first-order valence-electron chi connectivity index (χ1n) is 6.37. The van der Waals surface area contributed by atoms with Crippen LogP contribution in [0.5, 0.6) is 0 Å². The molecule has 5 nitrogen and oxygen atoms in total. The number of carbonyl (C=O) groups is 1. The molecule has 0 bridgehead atoms. The Kier molecular flexibility index (Phi) is 3.70. The van der Waals surface area contributed by atoms with Crippen molar-refractivity contribution in [2.45, 2.75) is 27.7 Å². The van der Waals surface area contributed by atoms with Crippen molar-refractivity contribution in [1.29, 1.82) is 0 Å². The quantitative estimate of drug-likeness (QED) is 0.878. The van der Waals surface area contributed by atoms with Crippen LogP contribution in [0, 0.1) is 27.7 Å². The Balaban J connectivity index is 2.35. The minimum atomic E-state index is -0.272. The van der Waals surface area contributed by atoms with Gasteiger partial charge in [-0.15, -0.1) is 0 Å². The van der Waals surface area contributed by atoms with Gasteiger partial charge in [-0.05, 0) is 44.4 Å². The van der Waals surface area contributed by atoms with Crippen LogP contribution in [-0.2, 0) is 0 Å². The lowest BCUT2D eigenvalue weighted by Crippen LogP contribution is -2.18. The van der Waals surface area contributed by atoms with Gasteiger partial charge in [0.1, 0.15) is 5.69 Å². The van der Waals surface area contributed by atoms with Crippen LogP contribution in [0.3, 0.4) is 0 Å². The highest BCUT2D eigenvalue weighted by atomic mass is 16.1. The third kappa shape index (κ3) is 2.77. The fourth-order valence-corrected chi connectivity index (χ4v) is 2.24. The molecule has 1 heterocycles. The first-order valence-corrected chi connectivity index (χ1v) is 6.37. The number of benzene rings is 1. The predicted octanol–water partition coefficient (Wildman–Crippen LogP) is 2.54. The minimum Gasteiger partial charge on any atom is -0.368 e. The van der Waals surface area contributed by atoms with Crippen molar-refractivity contribution in [3.63, 3.8) is 0 Å². The molecule has 0 saturated heterocycles. The summed E-state index contributed by atoms with van der Waals surface area (Å²) in [6, 6.07) is 4.06. The van der Waals surface area contributed by atoms with E-state index >= 15 is 0 Å². The zero-order valence-corrected chi connectivity index (χ0v) is 12.1. The number of aromatic nitrogens is 2. The lowest BCUT2D eigenvalue weighted by Gasteiger charge is -2.13. The normalized spacial score (nSPS) is 10.4. The van der Waals surface area contributed by atoms with Crippen LogP contribution >= 0.6 is 0 Å². The number of nitrogen functional groups attached to an aromatic ring is 1. The van der Waals surface area contributed by atoms with Crippen LogP contribution in [-0.4, -0.2) is 15.9 Å². The Morgan fingerprint density at radius 1 is 1.10 bits per heavy atom. The van der Waals surface area contributed by atoms with Crippen LogP contribution in [0.1, 0.15) is 32.7 Å². The van der Waals surface area contributed by atoms with Crippen molar-refractivity contribution in [3.05, 3.63) is 46.3 Å². The molecule has 0 aliphatic heterocycles. The number of hydrogen-bond acceptors (Lipinski definition) is 4. The van der Waals surface area contributed by atoms with Gasteiger partial charge >= 0.3 is 0 Å². The molecule has 20 heavy (non-hydrogen) atoms. The van der Waals surface area contributed by atoms with Gasteiger partial charge in [-0.3, -0.25) is 4.79 Å². The molecule has 0 radical (unpaired) electrons. The van der Waals surface area contributed by atoms with Crippen molar-refractivity contribution >= 4 is 17.5 Å². The van der Waals surface area contributed by atoms with Gasteiger partial charge < -0.3 is 11.1 Å². The van der Waals surface area contributed by atoms with E-state index in [-0.39, 0.29) is 11.9 Å². The van der Waals surface area contributed by atoms with Gasteiger partial charge in [-0.25, -0.2) is 9.97 Å². The van der Waals surface area contributed by atoms with E-state index in [2.05, 4.69) is 15.3 Å². The van der Waals surface area contributed by atoms with E-state index in [1.54, 1.807) is 13.1 Å². The summed E-state index contributed by atoms with van der Waals surface area (Å²) in [5, 5.41) is 2.91. The number of rotatable bonds is 2. The Labute approximate surface area is 118 Å². The molecular formula is C15H18N4O. The summed E-state index contributed by atoms with van der Waals surface area (Å²) < 4.78 is 0. The highest BCUT2D eigenvalue weighted by Crippen LogP contribution is 2.22. The molecule has 1 aromatic carbocycles. The number of nitrogens with one attached hydrogen (secondary N) is 1. The molecule has 0 aliphatic rings. The molecule has 1 amide bonds. The van der Waals surface area contributed by atoms with Crippen LogP contribution in [0.4, 0.5) is 11.6 Å². The summed E-state index contributed by atoms with van der Waals surface area (Å²) in [5.74, 6) is -0.176. The summed E-state index contributed by atoms with van der Waals surface area (Å²) >= 11 is 0. The number of nitrogens with zero attached hydrogens (tertiary/aromatic N) is 2. The largest absolute Gasteiger partial charge is 0.368 e. The average Bonchev–Trinajstić information content (AvgIpc) is 2.36. The van der Waals surface area contributed by atoms with Crippen molar-refractivity contribution < 1.29 is 4.79 Å². The maximum Gasteiger partial charge on any atom is 0.274 e. The second kappa shape index (κ2) is 5.28. The monoisotopic (exact) mass is 270 g/mol. The zero-order valence-electron chi connectivity index (χ0n) is 12.1. The van der Waals surface area contributed by atoms with E-state index in [1.807, 2.05) is 32.9 Å². The van der Waals surface area contributed by atoms with E-state index in [4.69, 9.17) is 5.73 Å². The lowest BCUT2D eigenvalue weighted by atomic mass is 10.0. The fourth-order valence-electron chi connectivity index (χ4n) is 2.24. The van der Waals surface area contributed by atoms with Gasteiger partial charge in [0.05, 0.1) is 0 Å². The molecule has 0 unspecified atom stereocenters. The summed E-state index contributed by atoms with van der Waals surface area (Å²) in [7, 11) is 0. The topological polar surface area (TPSA) is 80.9 Å². The van der Waals surface area contributed by atoms with E-state index < -0.39 is 0 Å². The van der Waals surface area contributed by atoms with Crippen LogP contribution in [0.2, 0.25) is 0 Å². The molecule has 0 saturated carbocycles. The first kappa shape index (κ1) is 14.0. The Morgan fingerprint density at radius 3 is 2.30 bits per heavy atom. The van der Waals surface area contributed by atoms with Crippen molar-refractivity contribution in [2.24, 2.45) is 0 Å². The summed E-state index contributed by atoms with van der Waals surface area (Å²) in [4.78, 5) is 20.2. The van der Waals surface area contributed by atoms with E-state index in [9.17, 15) is 4.79 Å². The molecule has 0 spiro atoms. The molecule has 104 valence electrons. The molecule has 1 aromatic heterocycles. The predicted molar refractivity (Wildman–Crippen MR) is 79.8 cm³/mol. The second-order valence-corrected chi connectivity index (χ2v) is 4.99. The lowest BCUT2D eigenvalue weighted by molar-refractivity contribution is 0.102. The summed E-state index contributed by atoms with van der Waals surface area (Å²) in [6.45, 7) is 7.75. The highest BCUT2D eigenvalue weighted by Gasteiger charge is 2.14. The van der Waals surface area contributed by atoms with E-state index in [1.165, 1.54) is 5.56 Å². The van der Waals surface area contributed by atoms with Gasteiger partial charge in [-0.1, -0.05) is 17.7 Å². The Bertz CT molecular complexity index is 657. The van der Waals surface area contributed by atoms with E-state index in [0.29, 0.717) is 11.3 Å². The molecule has 2 rings (SSSR count). The minimum absolute atomic E-state index is 0.0955. The van der Waals surface area contributed by atoms with Crippen molar-refractivity contribution in [3.8, 4) is 0 Å². The third-order valence-electron chi connectivity index (χ3n) is 3.12. The van der Waals surface area contributed by atoms with Crippen LogP contribution in [0.25, 0.3) is 0 Å². The molecule has 5 heteroatoms. The Morgan fingerprint density at radius 2 is 1.70 bits per heavy atom. The molecule has 0 fully saturated rings. The summed E-state index contributed by atoms with van der Waals surface area (Å²) in [6.07, 6.45) is 1.55. The maximum absolute atomic E-state index is 12.3. The fraction of sp³-hybridized carbons (Fsp3) is 0.267. The number of aryl methyl sites for hydroxylation is 4. The van der Waals surface area contributed by atoms with Gasteiger partial charge in [0.2, 0.25) is 5.95 Å². The van der Waals surface area contributed by atoms with Gasteiger partial charge in [-0.2, -0.15) is 0 Å². The molecule has 0 atom stereocenters. The number of carbonyl (C=O) groups excluding carboxylic acids is 1. The molecule has 2 aromatic rings. The number of nitrogens with two attached hydrogens (primary N) is 1. The van der Waals surface area contributed by atoms with Gasteiger partial charge in [0.25, 0.3) is 5.91 Å². The molecule has 3 N–H and O–H groups in total. The average molecular weight is 270 g/mol. The van der Waals surface area contributed by atoms with Crippen LogP contribution in [0.15, 0.2) is 18.3 Å². The number of amides is 1. The SMILES string of the molecule is Cc1cc(C)c(NC(=O)c2nc(N)ncc2C)c(C)c1. The maximum atomic E-state index is 12.3. The number of hydrogen-bond donors (Lipinski definition) is 2. The molecular weight excluding hydrogens is 252 g/mol. The smallest absolute Gasteiger partial charge is 0.274 e. The second-order valence-electron chi connectivity index (χ2n) is 4.99. The zero-order chi connectivity index (χ0) is 14.9. The van der Waals surface area contributed by atoms with Crippen molar-refractivity contribution in [1.82, 2.24) is 9.97 Å². The van der Waals surface area contributed by atoms with E-state index in [0.717, 1.165) is 16.8 Å². The standard InChI is InChI=1S/C15H18N4O/c1-8-5-9(2)12(10(3)6-8)18-14(20)13-11(4)7-17-15(16)19-13/h5-7H,1-4H3,(H,18,20)(H2,16,17,19). The van der Waals surface area contributed by atoms with Crippen molar-refractivity contribution in [2.75, 3.05) is 11.1 Å². The van der Waals surface area contributed by atoms with Gasteiger partial charge in [0, 0.05) is 11.9 Å². The third-order valence-corrected chi connectivity index (χ3v) is 3.12. The molecule has 0 aliphatic carbocycles.